The molecule has 13 heteroatoms. The van der Waals surface area contributed by atoms with Gasteiger partial charge in [-0.05, 0) is 37.1 Å². The van der Waals surface area contributed by atoms with Gasteiger partial charge in [0.25, 0.3) is 17.5 Å². The fraction of sp³-hybridized carbons (Fsp3) is 0.250. The van der Waals surface area contributed by atoms with Crippen molar-refractivity contribution in [1.82, 2.24) is 9.21 Å². The molecule has 11 nitrogen and oxygen atoms in total. The highest BCUT2D eigenvalue weighted by Gasteiger charge is 2.38. The summed E-state index contributed by atoms with van der Waals surface area (Å²) in [5.74, 6) is -2.40. The number of nitro benzene ring substituents is 1. The highest BCUT2D eigenvalue weighted by atomic mass is 35.5. The molecule has 2 aromatic rings. The normalized spacial score (nSPS) is 16.2. The zero-order valence-corrected chi connectivity index (χ0v) is 18.6. The van der Waals surface area contributed by atoms with Crippen LogP contribution in [0.15, 0.2) is 41.3 Å². The standard InChI is InChI=1S/C20H17ClN4O7S/c21-16-6-4-13(33(31,32)23-7-1-2-8-23)10-17(16)22-18(26)11-24-19(27)14-5-3-12(25(29)30)9-15(14)20(24)28/h3-6,9-10H,1-2,7-8,11H2,(H,22,26). The van der Waals surface area contributed by atoms with E-state index in [-0.39, 0.29) is 32.4 Å². The quantitative estimate of drug-likeness (QED) is 0.369. The van der Waals surface area contributed by atoms with Crippen molar-refractivity contribution in [2.45, 2.75) is 17.7 Å². The first-order valence-electron chi connectivity index (χ1n) is 9.84. The SMILES string of the molecule is O=C(CN1C(=O)c2ccc([N+](=O)[O-])cc2C1=O)Nc1cc(S(=O)(=O)N2CCCC2)ccc1Cl. The third kappa shape index (κ3) is 4.19. The van der Waals surface area contributed by atoms with Crippen LogP contribution in [-0.4, -0.2) is 59.9 Å². The molecule has 2 aliphatic heterocycles. The predicted molar refractivity (Wildman–Crippen MR) is 117 cm³/mol. The van der Waals surface area contributed by atoms with Gasteiger partial charge in [0, 0.05) is 25.2 Å². The second kappa shape index (κ2) is 8.54. The monoisotopic (exact) mass is 492 g/mol. The number of hydrogen-bond acceptors (Lipinski definition) is 7. The number of amides is 3. The molecule has 172 valence electrons. The Morgan fingerprint density at radius 3 is 2.39 bits per heavy atom. The first-order chi connectivity index (χ1) is 15.6. The molecule has 2 aliphatic rings. The predicted octanol–water partition coefficient (Wildman–Crippen LogP) is 2.27. The van der Waals surface area contributed by atoms with Gasteiger partial charge in [-0.1, -0.05) is 11.6 Å². The fourth-order valence-electron chi connectivity index (χ4n) is 3.71. The van der Waals surface area contributed by atoms with E-state index in [1.807, 2.05) is 0 Å². The molecule has 0 atom stereocenters. The number of fused-ring (bicyclic) bond motifs is 1. The lowest BCUT2D eigenvalue weighted by Gasteiger charge is -2.17. The number of nitro groups is 1. The Kier molecular flexibility index (Phi) is 5.91. The van der Waals surface area contributed by atoms with Gasteiger partial charge in [-0.15, -0.1) is 0 Å². The second-order valence-corrected chi connectivity index (χ2v) is 9.83. The lowest BCUT2D eigenvalue weighted by molar-refractivity contribution is -0.384. The number of sulfonamides is 1. The summed E-state index contributed by atoms with van der Waals surface area (Å²) in [4.78, 5) is 48.5. The Labute approximate surface area is 193 Å². The average molecular weight is 493 g/mol. The van der Waals surface area contributed by atoms with E-state index in [1.165, 1.54) is 22.5 Å². The maximum Gasteiger partial charge on any atom is 0.270 e. The largest absolute Gasteiger partial charge is 0.323 e. The minimum atomic E-state index is -3.75. The highest BCUT2D eigenvalue weighted by molar-refractivity contribution is 7.89. The molecule has 0 saturated carbocycles. The molecular formula is C20H17ClN4O7S. The number of carbonyl (C=O) groups is 3. The summed E-state index contributed by atoms with van der Waals surface area (Å²) in [6.07, 6.45) is 1.53. The Hall–Kier alpha value is -3.35. The Morgan fingerprint density at radius 1 is 1.06 bits per heavy atom. The fourth-order valence-corrected chi connectivity index (χ4v) is 5.42. The Balaban J connectivity index is 1.52. The van der Waals surface area contributed by atoms with Crippen LogP contribution in [-0.2, 0) is 14.8 Å². The molecule has 0 unspecified atom stereocenters. The zero-order valence-electron chi connectivity index (χ0n) is 17.0. The van der Waals surface area contributed by atoms with Gasteiger partial charge >= 0.3 is 0 Å². The number of hydrogen-bond donors (Lipinski definition) is 1. The van der Waals surface area contributed by atoms with Crippen molar-refractivity contribution in [3.8, 4) is 0 Å². The van der Waals surface area contributed by atoms with Gasteiger partial charge in [0.1, 0.15) is 6.54 Å². The molecule has 0 aromatic heterocycles. The Bertz CT molecular complexity index is 1310. The van der Waals surface area contributed by atoms with Crippen LogP contribution in [0.1, 0.15) is 33.6 Å². The lowest BCUT2D eigenvalue weighted by atomic mass is 10.1. The van der Waals surface area contributed by atoms with Gasteiger partial charge in [-0.2, -0.15) is 4.31 Å². The highest BCUT2D eigenvalue weighted by Crippen LogP contribution is 2.29. The molecule has 0 spiro atoms. The van der Waals surface area contributed by atoms with E-state index >= 15 is 0 Å². The summed E-state index contributed by atoms with van der Waals surface area (Å²) in [5.41, 5.74) is -0.563. The van der Waals surface area contributed by atoms with Gasteiger partial charge in [0.15, 0.2) is 0 Å². The van der Waals surface area contributed by atoms with E-state index in [2.05, 4.69) is 5.32 Å². The van der Waals surface area contributed by atoms with Crippen LogP contribution in [0.2, 0.25) is 5.02 Å². The van der Waals surface area contributed by atoms with Crippen molar-refractivity contribution in [1.29, 1.82) is 0 Å². The van der Waals surface area contributed by atoms with Crippen LogP contribution in [0, 0.1) is 10.1 Å². The molecule has 1 N–H and O–H groups in total. The van der Waals surface area contributed by atoms with E-state index in [4.69, 9.17) is 11.6 Å². The molecule has 0 radical (unpaired) electrons. The molecule has 0 aliphatic carbocycles. The maximum atomic E-state index is 12.8. The molecule has 1 saturated heterocycles. The molecule has 33 heavy (non-hydrogen) atoms. The summed E-state index contributed by atoms with van der Waals surface area (Å²) >= 11 is 6.11. The van der Waals surface area contributed by atoms with Crippen molar-refractivity contribution in [2.75, 3.05) is 25.0 Å². The van der Waals surface area contributed by atoms with E-state index in [1.54, 1.807) is 0 Å². The van der Waals surface area contributed by atoms with Crippen molar-refractivity contribution < 1.29 is 27.7 Å². The number of nitrogens with one attached hydrogen (secondary N) is 1. The molecule has 2 aromatic carbocycles. The first kappa shape index (κ1) is 22.8. The lowest BCUT2D eigenvalue weighted by Crippen LogP contribution is -2.37. The molecular weight excluding hydrogens is 476 g/mol. The number of carbonyl (C=O) groups excluding carboxylic acids is 3. The van der Waals surface area contributed by atoms with Crippen LogP contribution in [0.5, 0.6) is 0 Å². The maximum absolute atomic E-state index is 12.8. The van der Waals surface area contributed by atoms with Crippen LogP contribution in [0.3, 0.4) is 0 Å². The van der Waals surface area contributed by atoms with E-state index < -0.39 is 39.2 Å². The minimum Gasteiger partial charge on any atom is -0.323 e. The van der Waals surface area contributed by atoms with Crippen molar-refractivity contribution >= 4 is 50.7 Å². The zero-order chi connectivity index (χ0) is 23.9. The van der Waals surface area contributed by atoms with Crippen molar-refractivity contribution in [3.05, 3.63) is 62.7 Å². The topological polar surface area (TPSA) is 147 Å². The van der Waals surface area contributed by atoms with Crippen LogP contribution in [0.25, 0.3) is 0 Å². The first-order valence-corrected chi connectivity index (χ1v) is 11.7. The number of rotatable bonds is 6. The number of benzene rings is 2. The van der Waals surface area contributed by atoms with E-state index in [0.29, 0.717) is 18.0 Å². The van der Waals surface area contributed by atoms with E-state index in [9.17, 15) is 32.9 Å². The number of halogens is 1. The van der Waals surface area contributed by atoms with Gasteiger partial charge < -0.3 is 5.32 Å². The summed E-state index contributed by atoms with van der Waals surface area (Å²) < 4.78 is 26.9. The molecule has 0 bridgehead atoms. The number of anilines is 1. The van der Waals surface area contributed by atoms with Gasteiger partial charge in [0.2, 0.25) is 15.9 Å². The summed E-state index contributed by atoms with van der Waals surface area (Å²) in [6, 6.07) is 7.13. The summed E-state index contributed by atoms with van der Waals surface area (Å²) in [5, 5.41) is 13.4. The summed E-state index contributed by atoms with van der Waals surface area (Å²) in [6.45, 7) is 0.134. The average Bonchev–Trinajstić information content (AvgIpc) is 3.40. The van der Waals surface area contributed by atoms with E-state index in [0.717, 1.165) is 31.0 Å². The molecule has 3 amide bonds. The number of nitrogens with zero attached hydrogens (tertiary/aromatic N) is 3. The summed E-state index contributed by atoms with van der Waals surface area (Å²) in [7, 11) is -3.75. The van der Waals surface area contributed by atoms with Gasteiger partial charge in [0.05, 0.1) is 31.7 Å². The van der Waals surface area contributed by atoms with Crippen molar-refractivity contribution in [3.63, 3.8) is 0 Å². The van der Waals surface area contributed by atoms with Gasteiger partial charge in [-0.3, -0.25) is 29.4 Å². The van der Waals surface area contributed by atoms with Gasteiger partial charge in [-0.25, -0.2) is 8.42 Å². The molecule has 2 heterocycles. The van der Waals surface area contributed by atoms with Crippen molar-refractivity contribution in [2.24, 2.45) is 0 Å². The Morgan fingerprint density at radius 2 is 1.73 bits per heavy atom. The number of imide groups is 1. The minimum absolute atomic E-state index is 0.00851. The third-order valence-electron chi connectivity index (χ3n) is 5.38. The van der Waals surface area contributed by atoms with Crippen LogP contribution >= 0.6 is 11.6 Å². The smallest absolute Gasteiger partial charge is 0.270 e. The third-order valence-corrected chi connectivity index (χ3v) is 7.61. The number of non-ortho nitro benzene ring substituents is 1. The second-order valence-electron chi connectivity index (χ2n) is 7.48. The molecule has 1 fully saturated rings. The molecule has 4 rings (SSSR count). The van der Waals surface area contributed by atoms with Crippen LogP contribution < -0.4 is 5.32 Å². The van der Waals surface area contributed by atoms with Crippen LogP contribution in [0.4, 0.5) is 11.4 Å².